The number of aryl methyl sites for hydroxylation is 1. The van der Waals surface area contributed by atoms with Crippen LogP contribution in [-0.4, -0.2) is 15.5 Å². The van der Waals surface area contributed by atoms with E-state index in [-0.39, 0.29) is 22.9 Å². The molecule has 0 unspecified atom stereocenters. The first-order valence-corrected chi connectivity index (χ1v) is 9.62. The number of allylic oxidation sites excluding steroid dienone is 1. The van der Waals surface area contributed by atoms with Crippen LogP contribution in [0.2, 0.25) is 5.02 Å². The van der Waals surface area contributed by atoms with Crippen molar-refractivity contribution in [1.29, 1.82) is 0 Å². The minimum Gasteiger partial charge on any atom is -0.345 e. The number of benzene rings is 1. The average molecular weight is 404 g/mol. The molecule has 0 spiro atoms. The van der Waals surface area contributed by atoms with E-state index in [9.17, 15) is 9.18 Å². The molecule has 0 aliphatic rings. The molecule has 1 amide bonds. The van der Waals surface area contributed by atoms with Crippen molar-refractivity contribution >= 4 is 34.0 Å². The summed E-state index contributed by atoms with van der Waals surface area (Å²) in [6.45, 7) is 8.58. The molecule has 4 nitrogen and oxygen atoms in total. The van der Waals surface area contributed by atoms with Crippen molar-refractivity contribution in [3.8, 4) is 11.3 Å². The van der Waals surface area contributed by atoms with Gasteiger partial charge in [0, 0.05) is 39.5 Å². The van der Waals surface area contributed by atoms with E-state index >= 15 is 0 Å². The van der Waals surface area contributed by atoms with Gasteiger partial charge in [-0.3, -0.25) is 4.79 Å². The number of hydrogen-bond acceptors (Lipinski definition) is 3. The Balaban J connectivity index is 1.76. The first-order valence-electron chi connectivity index (χ1n) is 8.37. The molecule has 2 aromatic heterocycles. The third-order valence-electron chi connectivity index (χ3n) is 4.31. The molecule has 0 bridgehead atoms. The highest BCUT2D eigenvalue weighted by molar-refractivity contribution is 7.14. The van der Waals surface area contributed by atoms with E-state index in [1.807, 2.05) is 25.3 Å². The smallest absolute Gasteiger partial charge is 0.230 e. The number of halogens is 2. The number of hydrogen-bond donors (Lipinski definition) is 1. The Morgan fingerprint density at radius 3 is 2.93 bits per heavy atom. The fraction of sp³-hybridized carbons (Fsp3) is 0.200. The van der Waals surface area contributed by atoms with Gasteiger partial charge in [0.15, 0.2) is 5.13 Å². The molecule has 3 aromatic rings. The van der Waals surface area contributed by atoms with Crippen molar-refractivity contribution in [3.05, 3.63) is 70.1 Å². The number of aromatic nitrogens is 2. The second-order valence-corrected chi connectivity index (χ2v) is 7.41. The van der Waals surface area contributed by atoms with Gasteiger partial charge < -0.3 is 9.88 Å². The molecule has 140 valence electrons. The van der Waals surface area contributed by atoms with Crippen molar-refractivity contribution in [2.45, 2.75) is 26.8 Å². The van der Waals surface area contributed by atoms with Crippen LogP contribution in [0.15, 0.2) is 42.3 Å². The Hall–Kier alpha value is -2.44. The maximum Gasteiger partial charge on any atom is 0.230 e. The van der Waals surface area contributed by atoms with Gasteiger partial charge in [-0.2, -0.15) is 0 Å². The van der Waals surface area contributed by atoms with Crippen LogP contribution in [-0.2, 0) is 17.8 Å². The molecule has 2 heterocycles. The number of carbonyl (C=O) groups is 1. The lowest BCUT2D eigenvalue weighted by Gasteiger charge is -2.06. The van der Waals surface area contributed by atoms with Crippen molar-refractivity contribution in [1.82, 2.24) is 9.55 Å². The minimum absolute atomic E-state index is 0.145. The van der Waals surface area contributed by atoms with Crippen molar-refractivity contribution < 1.29 is 9.18 Å². The van der Waals surface area contributed by atoms with Gasteiger partial charge in [0.05, 0.1) is 12.1 Å². The molecule has 0 fully saturated rings. The topological polar surface area (TPSA) is 46.9 Å². The van der Waals surface area contributed by atoms with E-state index in [0.717, 1.165) is 29.2 Å². The summed E-state index contributed by atoms with van der Waals surface area (Å²) < 4.78 is 16.0. The fourth-order valence-corrected chi connectivity index (χ4v) is 3.91. The Bertz CT molecular complexity index is 989. The van der Waals surface area contributed by atoms with E-state index in [1.54, 1.807) is 6.07 Å². The van der Waals surface area contributed by atoms with E-state index in [2.05, 4.69) is 27.5 Å². The molecule has 7 heteroatoms. The summed E-state index contributed by atoms with van der Waals surface area (Å²) in [4.78, 5) is 16.8. The van der Waals surface area contributed by atoms with Crippen LogP contribution in [0.25, 0.3) is 11.3 Å². The maximum absolute atomic E-state index is 13.8. The summed E-state index contributed by atoms with van der Waals surface area (Å²) in [7, 11) is 0. The molecule has 3 rings (SSSR count). The van der Waals surface area contributed by atoms with E-state index < -0.39 is 5.82 Å². The monoisotopic (exact) mass is 403 g/mol. The van der Waals surface area contributed by atoms with Gasteiger partial charge in [-0.05, 0) is 32.0 Å². The lowest BCUT2D eigenvalue weighted by atomic mass is 10.1. The highest BCUT2D eigenvalue weighted by atomic mass is 35.5. The zero-order valence-corrected chi connectivity index (χ0v) is 16.6. The lowest BCUT2D eigenvalue weighted by molar-refractivity contribution is -0.115. The van der Waals surface area contributed by atoms with E-state index in [1.165, 1.54) is 23.5 Å². The number of amides is 1. The number of carbonyl (C=O) groups excluding carboxylic acids is 1. The van der Waals surface area contributed by atoms with Crippen molar-refractivity contribution in [2.75, 3.05) is 5.32 Å². The second-order valence-electron chi connectivity index (χ2n) is 6.15. The van der Waals surface area contributed by atoms with Gasteiger partial charge in [-0.15, -0.1) is 17.9 Å². The molecule has 0 saturated heterocycles. The SMILES string of the molecule is C=CCn1c(C)cc(-c2csc(NC(=O)Cc3c(F)cccc3Cl)n2)c1C. The first-order chi connectivity index (χ1) is 12.9. The normalized spacial score (nSPS) is 10.8. The Kier molecular flexibility index (Phi) is 5.77. The summed E-state index contributed by atoms with van der Waals surface area (Å²) in [6.07, 6.45) is 1.71. The third kappa shape index (κ3) is 4.12. The largest absolute Gasteiger partial charge is 0.345 e. The predicted molar refractivity (Wildman–Crippen MR) is 109 cm³/mol. The van der Waals surface area contributed by atoms with E-state index in [4.69, 9.17) is 11.6 Å². The lowest BCUT2D eigenvalue weighted by Crippen LogP contribution is -2.15. The van der Waals surface area contributed by atoms with Crippen LogP contribution in [0.4, 0.5) is 9.52 Å². The average Bonchev–Trinajstić information content (AvgIpc) is 3.18. The summed E-state index contributed by atoms with van der Waals surface area (Å²) in [5.41, 5.74) is 4.20. The van der Waals surface area contributed by atoms with Crippen LogP contribution in [0.5, 0.6) is 0 Å². The van der Waals surface area contributed by atoms with Crippen LogP contribution in [0, 0.1) is 19.7 Å². The van der Waals surface area contributed by atoms with Crippen LogP contribution < -0.4 is 5.32 Å². The van der Waals surface area contributed by atoms with Gasteiger partial charge in [0.2, 0.25) is 5.91 Å². The predicted octanol–water partition coefficient (Wildman–Crippen LogP) is 5.39. The molecule has 0 aliphatic carbocycles. The zero-order valence-electron chi connectivity index (χ0n) is 15.1. The summed E-state index contributed by atoms with van der Waals surface area (Å²) in [5.74, 6) is -0.854. The van der Waals surface area contributed by atoms with Crippen LogP contribution in [0.1, 0.15) is 17.0 Å². The summed E-state index contributed by atoms with van der Waals surface area (Å²) in [6, 6.07) is 6.43. The van der Waals surface area contributed by atoms with E-state index in [0.29, 0.717) is 5.13 Å². The molecule has 1 N–H and O–H groups in total. The Morgan fingerprint density at radius 1 is 1.44 bits per heavy atom. The Labute approximate surface area is 166 Å². The van der Waals surface area contributed by atoms with Crippen molar-refractivity contribution in [3.63, 3.8) is 0 Å². The maximum atomic E-state index is 13.8. The highest BCUT2D eigenvalue weighted by Gasteiger charge is 2.16. The zero-order chi connectivity index (χ0) is 19.6. The first kappa shape index (κ1) is 19.3. The standard InChI is InChI=1S/C20H19ClFN3OS/c1-4-8-25-12(2)9-14(13(25)3)18-11-27-20(23-18)24-19(26)10-15-16(21)6-5-7-17(15)22/h4-7,9,11H,1,8,10H2,2-3H3,(H,23,24,26). The fourth-order valence-electron chi connectivity index (χ4n) is 2.95. The molecule has 0 radical (unpaired) electrons. The number of nitrogens with zero attached hydrogens (tertiary/aromatic N) is 2. The van der Waals surface area contributed by atoms with Crippen LogP contribution >= 0.6 is 22.9 Å². The van der Waals surface area contributed by atoms with Crippen molar-refractivity contribution in [2.24, 2.45) is 0 Å². The second kappa shape index (κ2) is 8.06. The highest BCUT2D eigenvalue weighted by Crippen LogP contribution is 2.30. The van der Waals surface area contributed by atoms with Gasteiger partial charge in [-0.1, -0.05) is 23.7 Å². The third-order valence-corrected chi connectivity index (χ3v) is 5.42. The van der Waals surface area contributed by atoms with Crippen LogP contribution in [0.3, 0.4) is 0 Å². The number of rotatable bonds is 6. The summed E-state index contributed by atoms with van der Waals surface area (Å²) in [5, 5.41) is 5.32. The number of thiazole rings is 1. The summed E-state index contributed by atoms with van der Waals surface area (Å²) >= 11 is 7.31. The van der Waals surface area contributed by atoms with Gasteiger partial charge in [0.1, 0.15) is 5.82 Å². The van der Waals surface area contributed by atoms with Gasteiger partial charge in [-0.25, -0.2) is 9.37 Å². The molecule has 1 aromatic carbocycles. The molecule has 0 atom stereocenters. The molecular weight excluding hydrogens is 385 g/mol. The quantitative estimate of drug-likeness (QED) is 0.561. The number of nitrogens with one attached hydrogen (secondary N) is 1. The molecule has 27 heavy (non-hydrogen) atoms. The van der Waals surface area contributed by atoms with Gasteiger partial charge in [0.25, 0.3) is 0 Å². The number of anilines is 1. The minimum atomic E-state index is -0.493. The molecule has 0 saturated carbocycles. The molecule has 0 aliphatic heterocycles. The Morgan fingerprint density at radius 2 is 2.22 bits per heavy atom. The molecular formula is C20H19ClFN3OS. The van der Waals surface area contributed by atoms with Gasteiger partial charge >= 0.3 is 0 Å².